The predicted octanol–water partition coefficient (Wildman–Crippen LogP) is 2.83. The molecule has 0 fully saturated rings. The quantitative estimate of drug-likeness (QED) is 0.0437. The van der Waals surface area contributed by atoms with Crippen LogP contribution in [0.4, 0.5) is 10.5 Å². The highest BCUT2D eigenvalue weighted by atomic mass is 32.2. The van der Waals surface area contributed by atoms with Gasteiger partial charge in [-0.3, -0.25) is 43.0 Å². The monoisotopic (exact) mass is 805 g/mol. The summed E-state index contributed by atoms with van der Waals surface area (Å²) in [6.45, 7) is 8.81. The third-order valence-electron chi connectivity index (χ3n) is 8.86. The third-order valence-corrected chi connectivity index (χ3v) is 9.68. The maximum atomic E-state index is 13.7. The standard InChI is InChI=1S/C38H55N5O12S/c1-24(2)33(42-35(49)27(23-56(52,53)54)20-29(44)11-7-6-8-19-43-31(46)16-17-32(43)47)30(45)21-26(10-9-18-40-37(39)51)34(48)41-28-14-12-25(13-15-28)22-55-36(50)38(3,4)5/h12-17,24,26-27,33H,6-11,18-23H2,1-5H3,(H,41,48)(H,42,49)(H3,39,40,51)(H,52,53,54)/t26-,27+,33+/m1/s1. The van der Waals surface area contributed by atoms with Crippen molar-refractivity contribution in [2.24, 2.45) is 28.9 Å². The van der Waals surface area contributed by atoms with E-state index >= 15 is 0 Å². The molecule has 1 aromatic carbocycles. The minimum absolute atomic E-state index is 0.0290. The van der Waals surface area contributed by atoms with Crippen molar-refractivity contribution in [3.8, 4) is 0 Å². The van der Waals surface area contributed by atoms with Crippen LogP contribution in [0.15, 0.2) is 36.4 Å². The Labute approximate surface area is 327 Å². The number of esters is 1. The first-order chi connectivity index (χ1) is 26.1. The van der Waals surface area contributed by atoms with Crippen LogP contribution in [0.2, 0.25) is 0 Å². The normalized spacial score (nSPS) is 14.6. The smallest absolute Gasteiger partial charge is 0.312 e. The van der Waals surface area contributed by atoms with Gasteiger partial charge in [0.2, 0.25) is 11.8 Å². The Morgan fingerprint density at radius 2 is 1.50 bits per heavy atom. The van der Waals surface area contributed by atoms with Crippen LogP contribution in [-0.2, 0) is 55.0 Å². The second kappa shape index (κ2) is 21.9. The number of ether oxygens (including phenoxy) is 1. The summed E-state index contributed by atoms with van der Waals surface area (Å²) in [4.78, 5) is 101. The number of Topliss-reactive ketones (excluding diaryl/α,β-unsaturated/α-hetero) is 2. The second-order valence-corrected chi connectivity index (χ2v) is 16.7. The molecule has 310 valence electrons. The van der Waals surface area contributed by atoms with E-state index in [-0.39, 0.29) is 51.3 Å². The number of carbonyl (C=O) groups is 8. The summed E-state index contributed by atoms with van der Waals surface area (Å²) < 4.78 is 38.6. The number of hydrogen-bond donors (Lipinski definition) is 5. The number of urea groups is 1. The molecule has 0 spiro atoms. The molecule has 17 nitrogen and oxygen atoms in total. The molecule has 3 atom stereocenters. The van der Waals surface area contributed by atoms with Crippen LogP contribution in [-0.4, -0.2) is 90.0 Å². The highest BCUT2D eigenvalue weighted by Crippen LogP contribution is 2.22. The van der Waals surface area contributed by atoms with Crippen LogP contribution >= 0.6 is 0 Å². The van der Waals surface area contributed by atoms with Gasteiger partial charge in [-0.25, -0.2) is 4.79 Å². The van der Waals surface area contributed by atoms with Gasteiger partial charge in [-0.1, -0.05) is 32.4 Å². The van der Waals surface area contributed by atoms with E-state index in [2.05, 4.69) is 16.0 Å². The van der Waals surface area contributed by atoms with Crippen molar-refractivity contribution >= 4 is 63.0 Å². The van der Waals surface area contributed by atoms with E-state index in [4.69, 9.17) is 10.5 Å². The summed E-state index contributed by atoms with van der Waals surface area (Å²) in [6, 6.07) is 4.59. The first-order valence-electron chi connectivity index (χ1n) is 18.5. The molecule has 1 heterocycles. The number of rotatable bonds is 24. The first-order valence-corrected chi connectivity index (χ1v) is 20.1. The van der Waals surface area contributed by atoms with E-state index in [0.717, 1.165) is 4.90 Å². The van der Waals surface area contributed by atoms with E-state index in [1.807, 2.05) is 0 Å². The van der Waals surface area contributed by atoms with Crippen molar-refractivity contribution in [1.29, 1.82) is 0 Å². The van der Waals surface area contributed by atoms with Crippen LogP contribution in [0.1, 0.15) is 91.5 Å². The van der Waals surface area contributed by atoms with Crippen molar-refractivity contribution < 1.29 is 56.1 Å². The molecule has 0 bridgehead atoms. The molecular formula is C38H55N5O12S. The zero-order valence-corrected chi connectivity index (χ0v) is 33.4. The fraction of sp³-hybridized carbons (Fsp3) is 0.579. The molecule has 0 aromatic heterocycles. The van der Waals surface area contributed by atoms with E-state index in [1.165, 1.54) is 12.2 Å². The summed E-state index contributed by atoms with van der Waals surface area (Å²) in [5.74, 6) is -7.73. The van der Waals surface area contributed by atoms with Crippen molar-refractivity contribution in [3.05, 3.63) is 42.0 Å². The largest absolute Gasteiger partial charge is 0.460 e. The molecule has 1 aromatic rings. The Morgan fingerprint density at radius 3 is 2.05 bits per heavy atom. The summed E-state index contributed by atoms with van der Waals surface area (Å²) in [6.07, 6.45) is 3.08. The average Bonchev–Trinajstić information content (AvgIpc) is 3.41. The first kappa shape index (κ1) is 47.2. The number of ketones is 2. The van der Waals surface area contributed by atoms with Crippen molar-refractivity contribution in [1.82, 2.24) is 15.5 Å². The number of nitrogens with two attached hydrogens (primary N) is 1. The van der Waals surface area contributed by atoms with Gasteiger partial charge in [0.25, 0.3) is 21.9 Å². The van der Waals surface area contributed by atoms with Gasteiger partial charge < -0.3 is 26.4 Å². The fourth-order valence-corrected chi connectivity index (χ4v) is 6.50. The minimum atomic E-state index is -4.72. The van der Waals surface area contributed by atoms with E-state index < -0.39 is 92.7 Å². The molecule has 2 rings (SSSR count). The number of imide groups is 1. The number of nitrogens with zero attached hydrogens (tertiary/aromatic N) is 1. The van der Waals surface area contributed by atoms with E-state index in [0.29, 0.717) is 30.5 Å². The Balaban J connectivity index is 2.09. The van der Waals surface area contributed by atoms with Gasteiger partial charge in [0.1, 0.15) is 12.4 Å². The van der Waals surface area contributed by atoms with Crippen LogP contribution in [0.25, 0.3) is 0 Å². The number of carbonyl (C=O) groups excluding carboxylic acids is 8. The lowest BCUT2D eigenvalue weighted by atomic mass is 9.89. The summed E-state index contributed by atoms with van der Waals surface area (Å²) in [5.41, 5.74) is 5.55. The number of hydrogen-bond acceptors (Lipinski definition) is 11. The van der Waals surface area contributed by atoms with E-state index in [1.54, 1.807) is 58.9 Å². The maximum absolute atomic E-state index is 13.7. The number of amides is 6. The lowest BCUT2D eigenvalue weighted by Crippen LogP contribution is -2.49. The molecule has 6 N–H and O–H groups in total. The van der Waals surface area contributed by atoms with Gasteiger partial charge >= 0.3 is 12.0 Å². The Bertz CT molecular complexity index is 1720. The molecule has 6 amide bonds. The van der Waals surface area contributed by atoms with Crippen molar-refractivity contribution in [2.75, 3.05) is 24.2 Å². The number of nitrogens with one attached hydrogen (secondary N) is 3. The Hall–Kier alpha value is -4.97. The highest BCUT2D eigenvalue weighted by Gasteiger charge is 2.34. The van der Waals surface area contributed by atoms with E-state index in [9.17, 15) is 51.3 Å². The number of unbranched alkanes of at least 4 members (excludes halogenated alkanes) is 2. The molecule has 0 radical (unpaired) electrons. The van der Waals surface area contributed by atoms with Crippen molar-refractivity contribution in [3.63, 3.8) is 0 Å². The lowest BCUT2D eigenvalue weighted by Gasteiger charge is -2.26. The van der Waals surface area contributed by atoms with Crippen LogP contribution in [0.3, 0.4) is 0 Å². The van der Waals surface area contributed by atoms with Crippen LogP contribution in [0, 0.1) is 23.2 Å². The third kappa shape index (κ3) is 17.2. The zero-order valence-electron chi connectivity index (χ0n) is 32.6. The van der Waals surface area contributed by atoms with Crippen LogP contribution in [0.5, 0.6) is 0 Å². The molecule has 1 aliphatic heterocycles. The lowest BCUT2D eigenvalue weighted by molar-refractivity contribution is -0.154. The molecule has 0 aliphatic carbocycles. The highest BCUT2D eigenvalue weighted by molar-refractivity contribution is 7.85. The molecule has 56 heavy (non-hydrogen) atoms. The maximum Gasteiger partial charge on any atom is 0.312 e. The molecular weight excluding hydrogens is 751 g/mol. The molecule has 1 aliphatic rings. The Morgan fingerprint density at radius 1 is 0.875 bits per heavy atom. The van der Waals surface area contributed by atoms with Crippen molar-refractivity contribution in [2.45, 2.75) is 98.6 Å². The summed E-state index contributed by atoms with van der Waals surface area (Å²) in [7, 11) is -4.72. The predicted molar refractivity (Wildman–Crippen MR) is 205 cm³/mol. The van der Waals surface area contributed by atoms with Gasteiger partial charge in [-0.2, -0.15) is 8.42 Å². The topological polar surface area (TPSA) is 266 Å². The number of benzene rings is 1. The van der Waals surface area contributed by atoms with Gasteiger partial charge in [0, 0.05) is 56.1 Å². The minimum Gasteiger partial charge on any atom is -0.460 e. The SMILES string of the molecule is CC(C)[C@H](NC(=O)[C@@H](CC(=O)CCCCCN1C(=O)C=CC1=O)CS(=O)(=O)O)C(=O)C[C@@H](CCCNC(N)=O)C(=O)Nc1ccc(COC(=O)C(C)(C)C)cc1. The van der Waals surface area contributed by atoms with Gasteiger partial charge in [0.15, 0.2) is 5.78 Å². The van der Waals surface area contributed by atoms with Gasteiger partial charge in [0.05, 0.1) is 23.1 Å². The average molecular weight is 806 g/mol. The zero-order chi connectivity index (χ0) is 42.2. The molecule has 0 unspecified atom stereocenters. The molecule has 0 saturated carbocycles. The van der Waals surface area contributed by atoms with Gasteiger partial charge in [-0.05, 0) is 70.1 Å². The summed E-state index contributed by atoms with van der Waals surface area (Å²) in [5, 5.41) is 7.73. The molecule has 18 heteroatoms. The molecule has 0 saturated heterocycles. The van der Waals surface area contributed by atoms with Gasteiger partial charge in [-0.15, -0.1) is 0 Å². The number of primary amides is 1. The summed E-state index contributed by atoms with van der Waals surface area (Å²) >= 11 is 0. The Kier molecular flexibility index (Phi) is 18.5. The second-order valence-electron chi connectivity index (χ2n) is 15.2. The van der Waals surface area contributed by atoms with Crippen LogP contribution < -0.4 is 21.7 Å². The number of anilines is 1. The fourth-order valence-electron chi connectivity index (χ4n) is 5.72.